The van der Waals surface area contributed by atoms with Crippen LogP contribution in [0.1, 0.15) is 0 Å². The lowest BCUT2D eigenvalue weighted by molar-refractivity contribution is -0.116. The van der Waals surface area contributed by atoms with Gasteiger partial charge in [-0.3, -0.25) is 9.59 Å². The number of nitrogens with one attached hydrogen (secondary N) is 1. The van der Waals surface area contributed by atoms with Crippen LogP contribution in [0.15, 0.2) is 57.9 Å². The number of fused-ring (bicyclic) bond motifs is 1. The molecular formula is C17H11BrClFN2O2. The highest BCUT2D eigenvalue weighted by atomic mass is 79.9. The molecule has 0 aliphatic rings. The summed E-state index contributed by atoms with van der Waals surface area (Å²) in [6, 6.07) is 10.6. The fourth-order valence-corrected chi connectivity index (χ4v) is 2.86. The fraction of sp³-hybridized carbons (Fsp3) is 0.0588. The summed E-state index contributed by atoms with van der Waals surface area (Å²) in [4.78, 5) is 24.1. The van der Waals surface area contributed by atoms with Crippen LogP contribution in [0.3, 0.4) is 0 Å². The zero-order chi connectivity index (χ0) is 17.3. The molecule has 24 heavy (non-hydrogen) atoms. The molecule has 1 amide bonds. The van der Waals surface area contributed by atoms with Gasteiger partial charge in [0.2, 0.25) is 5.91 Å². The average Bonchev–Trinajstić information content (AvgIpc) is 2.53. The Balaban J connectivity index is 1.88. The third-order valence-electron chi connectivity index (χ3n) is 3.46. The molecule has 3 rings (SSSR count). The molecular weight excluding hydrogens is 399 g/mol. The number of aromatic nitrogens is 1. The van der Waals surface area contributed by atoms with Gasteiger partial charge in [-0.2, -0.15) is 0 Å². The van der Waals surface area contributed by atoms with Gasteiger partial charge in [-0.1, -0.05) is 27.5 Å². The van der Waals surface area contributed by atoms with E-state index in [9.17, 15) is 14.0 Å². The molecule has 0 fully saturated rings. The average molecular weight is 410 g/mol. The van der Waals surface area contributed by atoms with Crippen LogP contribution >= 0.6 is 27.5 Å². The van der Waals surface area contributed by atoms with Crippen LogP contribution in [-0.2, 0) is 11.3 Å². The molecule has 0 aliphatic carbocycles. The Morgan fingerprint density at radius 1 is 1.21 bits per heavy atom. The number of carbonyl (C=O) groups excluding carboxylic acids is 1. The first-order valence-electron chi connectivity index (χ1n) is 6.97. The number of anilines is 1. The molecule has 3 aromatic rings. The van der Waals surface area contributed by atoms with Gasteiger partial charge in [0.05, 0.1) is 11.2 Å². The van der Waals surface area contributed by atoms with E-state index in [-0.39, 0.29) is 17.7 Å². The molecule has 1 aromatic heterocycles. The van der Waals surface area contributed by atoms with E-state index in [0.29, 0.717) is 20.4 Å². The zero-order valence-electron chi connectivity index (χ0n) is 12.2. The van der Waals surface area contributed by atoms with Crippen LogP contribution in [0.5, 0.6) is 0 Å². The van der Waals surface area contributed by atoms with Crippen molar-refractivity contribution in [2.75, 3.05) is 5.32 Å². The van der Waals surface area contributed by atoms with Crippen molar-refractivity contribution in [3.05, 3.63) is 74.2 Å². The lowest BCUT2D eigenvalue weighted by atomic mass is 10.2. The molecule has 2 aromatic carbocycles. The first-order chi connectivity index (χ1) is 11.4. The van der Waals surface area contributed by atoms with Crippen molar-refractivity contribution in [2.24, 2.45) is 0 Å². The minimum absolute atomic E-state index is 0.0616. The summed E-state index contributed by atoms with van der Waals surface area (Å²) in [5, 5.41) is 3.38. The van der Waals surface area contributed by atoms with Crippen molar-refractivity contribution in [3.63, 3.8) is 0 Å². The van der Waals surface area contributed by atoms with Crippen molar-refractivity contribution >= 4 is 50.0 Å². The summed E-state index contributed by atoms with van der Waals surface area (Å²) in [7, 11) is 0. The number of carbonyl (C=O) groups is 1. The zero-order valence-corrected chi connectivity index (χ0v) is 14.6. The maximum atomic E-state index is 13.8. The van der Waals surface area contributed by atoms with E-state index in [1.54, 1.807) is 28.8 Å². The number of hydrogen-bond acceptors (Lipinski definition) is 2. The van der Waals surface area contributed by atoms with Gasteiger partial charge in [0, 0.05) is 27.1 Å². The standard InChI is InChI=1S/C17H11BrClFN2O2/c18-10-1-3-14(13(20)7-10)21-17(24)9-22-6-5-16(23)12-8-11(19)2-4-15(12)22/h1-8H,9H2,(H,21,24). The smallest absolute Gasteiger partial charge is 0.244 e. The topological polar surface area (TPSA) is 51.1 Å². The Labute approximate surface area is 150 Å². The van der Waals surface area contributed by atoms with E-state index in [2.05, 4.69) is 21.2 Å². The number of nitrogens with zero attached hydrogens (tertiary/aromatic N) is 1. The van der Waals surface area contributed by atoms with Gasteiger partial charge >= 0.3 is 0 Å². The third-order valence-corrected chi connectivity index (χ3v) is 4.19. The normalized spacial score (nSPS) is 10.8. The number of hydrogen-bond donors (Lipinski definition) is 1. The van der Waals surface area contributed by atoms with Gasteiger partial charge in [0.25, 0.3) is 0 Å². The van der Waals surface area contributed by atoms with E-state index in [4.69, 9.17) is 11.6 Å². The van der Waals surface area contributed by atoms with Crippen molar-refractivity contribution in [3.8, 4) is 0 Å². The third kappa shape index (κ3) is 3.49. The highest BCUT2D eigenvalue weighted by Crippen LogP contribution is 2.20. The Kier molecular flexibility index (Phi) is 4.69. The molecule has 1 heterocycles. The van der Waals surface area contributed by atoms with Crippen LogP contribution in [0.2, 0.25) is 5.02 Å². The Morgan fingerprint density at radius 2 is 2.00 bits per heavy atom. The summed E-state index contributed by atoms with van der Waals surface area (Å²) in [5.41, 5.74) is 0.498. The van der Waals surface area contributed by atoms with Crippen molar-refractivity contribution < 1.29 is 9.18 Å². The van der Waals surface area contributed by atoms with Crippen molar-refractivity contribution in [2.45, 2.75) is 6.54 Å². The first-order valence-corrected chi connectivity index (χ1v) is 8.15. The van der Waals surface area contributed by atoms with Gasteiger partial charge in [0.1, 0.15) is 12.4 Å². The number of halogens is 3. The Morgan fingerprint density at radius 3 is 2.75 bits per heavy atom. The van der Waals surface area contributed by atoms with E-state index >= 15 is 0 Å². The van der Waals surface area contributed by atoms with Gasteiger partial charge in [-0.15, -0.1) is 0 Å². The summed E-state index contributed by atoms with van der Waals surface area (Å²) in [5.74, 6) is -0.939. The predicted octanol–water partition coefficient (Wildman–Crippen LogP) is 4.20. The number of benzene rings is 2. The minimum Gasteiger partial charge on any atom is -0.338 e. The quantitative estimate of drug-likeness (QED) is 0.705. The summed E-state index contributed by atoms with van der Waals surface area (Å²) in [6.07, 6.45) is 1.52. The summed E-state index contributed by atoms with van der Waals surface area (Å²) >= 11 is 9.07. The molecule has 122 valence electrons. The van der Waals surface area contributed by atoms with E-state index < -0.39 is 11.7 Å². The highest BCUT2D eigenvalue weighted by molar-refractivity contribution is 9.10. The predicted molar refractivity (Wildman–Crippen MR) is 95.9 cm³/mol. The fourth-order valence-electron chi connectivity index (χ4n) is 2.36. The summed E-state index contributed by atoms with van der Waals surface area (Å²) in [6.45, 7) is -0.0616. The second-order valence-corrected chi connectivity index (χ2v) is 6.49. The van der Waals surface area contributed by atoms with Crippen molar-refractivity contribution in [1.82, 2.24) is 4.57 Å². The second kappa shape index (κ2) is 6.75. The van der Waals surface area contributed by atoms with Gasteiger partial charge < -0.3 is 9.88 Å². The first kappa shape index (κ1) is 16.7. The maximum absolute atomic E-state index is 13.8. The van der Waals surface area contributed by atoms with Gasteiger partial charge in [-0.05, 0) is 36.4 Å². The second-order valence-electron chi connectivity index (χ2n) is 5.14. The highest BCUT2D eigenvalue weighted by Gasteiger charge is 2.10. The monoisotopic (exact) mass is 408 g/mol. The molecule has 0 saturated heterocycles. The molecule has 4 nitrogen and oxygen atoms in total. The minimum atomic E-state index is -0.533. The van der Waals surface area contributed by atoms with Crippen LogP contribution in [-0.4, -0.2) is 10.5 Å². The van der Waals surface area contributed by atoms with Crippen LogP contribution < -0.4 is 10.7 Å². The molecule has 0 aliphatic heterocycles. The molecule has 0 bridgehead atoms. The Bertz CT molecular complexity index is 1000. The molecule has 0 atom stereocenters. The lowest BCUT2D eigenvalue weighted by Gasteiger charge is -2.12. The van der Waals surface area contributed by atoms with Crippen LogP contribution in [0.4, 0.5) is 10.1 Å². The van der Waals surface area contributed by atoms with Gasteiger partial charge in [0.15, 0.2) is 5.43 Å². The molecule has 1 N–H and O–H groups in total. The van der Waals surface area contributed by atoms with Gasteiger partial charge in [-0.25, -0.2) is 4.39 Å². The van der Waals surface area contributed by atoms with E-state index in [1.807, 2.05) is 0 Å². The molecule has 0 saturated carbocycles. The largest absolute Gasteiger partial charge is 0.338 e. The van der Waals surface area contributed by atoms with Crippen molar-refractivity contribution in [1.29, 1.82) is 0 Å². The lowest BCUT2D eigenvalue weighted by Crippen LogP contribution is -2.20. The number of rotatable bonds is 3. The summed E-state index contributed by atoms with van der Waals surface area (Å²) < 4.78 is 16.0. The Hall–Kier alpha value is -2.18. The molecule has 0 radical (unpaired) electrons. The maximum Gasteiger partial charge on any atom is 0.244 e. The number of amides is 1. The molecule has 0 unspecified atom stereocenters. The van der Waals surface area contributed by atoms with E-state index in [1.165, 1.54) is 24.4 Å². The molecule has 7 heteroatoms. The van der Waals surface area contributed by atoms with Crippen LogP contribution in [0, 0.1) is 5.82 Å². The molecule has 0 spiro atoms. The number of pyridine rings is 1. The van der Waals surface area contributed by atoms with E-state index in [0.717, 1.165) is 0 Å². The van der Waals surface area contributed by atoms with Crippen LogP contribution in [0.25, 0.3) is 10.9 Å². The SMILES string of the molecule is O=C(Cn1ccc(=O)c2cc(Cl)ccc21)Nc1ccc(Br)cc1F.